The van der Waals surface area contributed by atoms with Gasteiger partial charge in [-0.05, 0) is 42.2 Å². The summed E-state index contributed by atoms with van der Waals surface area (Å²) in [6.07, 6.45) is 3.02. The van der Waals surface area contributed by atoms with E-state index in [1.807, 2.05) is 54.6 Å². The topological polar surface area (TPSA) is 57.1 Å². The van der Waals surface area contributed by atoms with E-state index >= 15 is 0 Å². The molecule has 0 aromatic heterocycles. The first-order valence-electron chi connectivity index (χ1n) is 10.8. The van der Waals surface area contributed by atoms with Crippen molar-refractivity contribution in [3.05, 3.63) is 103 Å². The lowest BCUT2D eigenvalue weighted by Crippen LogP contribution is -2.04. The summed E-state index contributed by atoms with van der Waals surface area (Å²) in [5.74, 6) is 1.61. The van der Waals surface area contributed by atoms with Crippen LogP contribution in [0.2, 0.25) is 10.0 Å². The average Bonchev–Trinajstić information content (AvgIpc) is 2.84. The lowest BCUT2D eigenvalue weighted by molar-refractivity contribution is 0.266. The van der Waals surface area contributed by atoms with Crippen LogP contribution < -0.4 is 14.2 Å². The molecule has 0 aliphatic rings. The van der Waals surface area contributed by atoms with E-state index in [1.165, 1.54) is 6.08 Å². The van der Waals surface area contributed by atoms with E-state index in [-0.39, 0.29) is 11.1 Å². The number of halogens is 4. The summed E-state index contributed by atoms with van der Waals surface area (Å²) in [5, 5.41) is 3.97. The van der Waals surface area contributed by atoms with E-state index in [4.69, 9.17) is 60.6 Å². The van der Waals surface area contributed by atoms with Crippen LogP contribution in [0, 0.1) is 4.91 Å². The molecule has 9 heteroatoms. The van der Waals surface area contributed by atoms with Crippen LogP contribution in [0.25, 0.3) is 0 Å². The molecule has 0 N–H and O–H groups in total. The molecule has 184 valence electrons. The van der Waals surface area contributed by atoms with Crippen LogP contribution >= 0.6 is 46.4 Å². The zero-order valence-corrected chi connectivity index (χ0v) is 21.7. The third-order valence-electron chi connectivity index (χ3n) is 4.93. The quantitative estimate of drug-likeness (QED) is 0.156. The maximum absolute atomic E-state index is 11.4. The number of nitrogens with zero attached hydrogens (tertiary/aromatic N) is 1. The molecule has 0 fully saturated rings. The van der Waals surface area contributed by atoms with Gasteiger partial charge >= 0.3 is 0 Å². The highest BCUT2D eigenvalue weighted by atomic mass is 35.5. The van der Waals surface area contributed by atoms with Gasteiger partial charge in [-0.15, -0.1) is 4.91 Å². The highest BCUT2D eigenvalue weighted by Crippen LogP contribution is 2.37. The highest BCUT2D eigenvalue weighted by Gasteiger charge is 2.14. The molecule has 0 spiro atoms. The second-order valence-electron chi connectivity index (χ2n) is 7.41. The fourth-order valence-corrected chi connectivity index (χ4v) is 3.93. The average molecular weight is 555 g/mol. The van der Waals surface area contributed by atoms with Crippen molar-refractivity contribution in [1.82, 2.24) is 0 Å². The monoisotopic (exact) mass is 553 g/mol. The van der Waals surface area contributed by atoms with Gasteiger partial charge < -0.3 is 14.2 Å². The van der Waals surface area contributed by atoms with Crippen molar-refractivity contribution in [3.8, 4) is 17.2 Å². The molecule has 3 aromatic carbocycles. The van der Waals surface area contributed by atoms with Crippen molar-refractivity contribution in [2.24, 2.45) is 5.18 Å². The smallest absolute Gasteiger partial charge is 0.156 e. The van der Waals surface area contributed by atoms with Crippen LogP contribution in [0.1, 0.15) is 30.0 Å². The van der Waals surface area contributed by atoms with E-state index in [9.17, 15) is 4.91 Å². The molecule has 0 heterocycles. The molecular weight excluding hydrogens is 532 g/mol. The van der Waals surface area contributed by atoms with Crippen LogP contribution in [-0.4, -0.2) is 19.8 Å². The molecule has 1 atom stereocenters. The molecule has 0 aliphatic heterocycles. The molecule has 1 unspecified atom stereocenters. The largest absolute Gasteiger partial charge is 0.494 e. The van der Waals surface area contributed by atoms with Crippen molar-refractivity contribution in [2.45, 2.75) is 18.9 Å². The minimum Gasteiger partial charge on any atom is -0.494 e. The second kappa shape index (κ2) is 14.2. The zero-order valence-electron chi connectivity index (χ0n) is 18.6. The third-order valence-corrected chi connectivity index (χ3v) is 5.80. The van der Waals surface area contributed by atoms with E-state index < -0.39 is 6.04 Å². The molecule has 0 saturated carbocycles. The first-order valence-corrected chi connectivity index (χ1v) is 12.3. The Bertz CT molecular complexity index is 1100. The number of unbranched alkanes of at least 4 members (excludes halogenated alkanes) is 1. The normalized spacial score (nSPS) is 11.4. The van der Waals surface area contributed by atoms with Gasteiger partial charge in [0.1, 0.15) is 28.6 Å². The summed E-state index contributed by atoms with van der Waals surface area (Å²) in [4.78, 5) is 11.4. The van der Waals surface area contributed by atoms with Gasteiger partial charge in [-0.3, -0.25) is 0 Å². The standard InChI is InChI=1S/C26H23Cl4NO4/c27-22-16-21(34-15-12-24(29)30)17-23(28)26(22)35-14-5-4-13-33-20-10-8-19(9-11-20)25(31-32)18-6-2-1-3-7-18/h1-3,6-12,16-17,25H,4-5,13-15H2. The van der Waals surface area contributed by atoms with Gasteiger partial charge in [0.2, 0.25) is 0 Å². The fourth-order valence-electron chi connectivity index (χ4n) is 3.22. The van der Waals surface area contributed by atoms with Crippen LogP contribution in [-0.2, 0) is 0 Å². The Kier molecular flexibility index (Phi) is 11.0. The van der Waals surface area contributed by atoms with Gasteiger partial charge in [-0.1, -0.05) is 94.0 Å². The number of rotatable bonds is 13. The molecule has 0 radical (unpaired) electrons. The fraction of sp³-hybridized carbons (Fsp3) is 0.231. The Morgan fingerprint density at radius 3 is 2.00 bits per heavy atom. The molecule has 0 amide bonds. The van der Waals surface area contributed by atoms with Gasteiger partial charge in [0, 0.05) is 12.1 Å². The molecule has 5 nitrogen and oxygen atoms in total. The molecular formula is C26H23Cl4NO4. The molecule has 0 aliphatic carbocycles. The lowest BCUT2D eigenvalue weighted by atomic mass is 10.00. The third kappa shape index (κ3) is 8.62. The first kappa shape index (κ1) is 27.2. The number of nitroso groups, excluding NO2 is 1. The van der Waals surface area contributed by atoms with Gasteiger partial charge in [-0.25, -0.2) is 0 Å². The summed E-state index contributed by atoms with van der Waals surface area (Å²) < 4.78 is 17.1. The summed E-state index contributed by atoms with van der Waals surface area (Å²) in [6, 6.07) is 19.5. The van der Waals surface area contributed by atoms with Crippen molar-refractivity contribution in [2.75, 3.05) is 19.8 Å². The molecule has 3 aromatic rings. The number of hydrogen-bond acceptors (Lipinski definition) is 5. The maximum Gasteiger partial charge on any atom is 0.156 e. The molecule has 3 rings (SSSR count). The van der Waals surface area contributed by atoms with Gasteiger partial charge in [0.05, 0.1) is 23.3 Å². The number of ether oxygens (including phenoxy) is 3. The number of benzene rings is 3. The summed E-state index contributed by atoms with van der Waals surface area (Å²) in [6.45, 7) is 1.14. The van der Waals surface area contributed by atoms with Crippen LogP contribution in [0.5, 0.6) is 17.2 Å². The van der Waals surface area contributed by atoms with Crippen LogP contribution in [0.4, 0.5) is 0 Å². The minimum absolute atomic E-state index is 0.120. The van der Waals surface area contributed by atoms with Gasteiger partial charge in [-0.2, -0.15) is 0 Å². The van der Waals surface area contributed by atoms with Gasteiger partial charge in [0.25, 0.3) is 0 Å². The summed E-state index contributed by atoms with van der Waals surface area (Å²) in [7, 11) is 0. The number of hydrogen-bond donors (Lipinski definition) is 0. The lowest BCUT2D eigenvalue weighted by Gasteiger charge is -2.13. The van der Waals surface area contributed by atoms with Gasteiger partial charge in [0.15, 0.2) is 5.75 Å². The SMILES string of the molecule is O=NC(c1ccccc1)c1ccc(OCCCCOc2c(Cl)cc(OCC=C(Cl)Cl)cc2Cl)cc1. The van der Waals surface area contributed by atoms with E-state index in [0.29, 0.717) is 34.8 Å². The van der Waals surface area contributed by atoms with Crippen LogP contribution in [0.15, 0.2) is 82.5 Å². The predicted molar refractivity (Wildman–Crippen MR) is 142 cm³/mol. The Hall–Kier alpha value is -2.44. The van der Waals surface area contributed by atoms with E-state index in [2.05, 4.69) is 5.18 Å². The van der Waals surface area contributed by atoms with Crippen molar-refractivity contribution >= 4 is 46.4 Å². The predicted octanol–water partition coefficient (Wildman–Crippen LogP) is 8.78. The highest BCUT2D eigenvalue weighted by molar-refractivity contribution is 6.55. The summed E-state index contributed by atoms with van der Waals surface area (Å²) in [5.41, 5.74) is 1.67. The first-order chi connectivity index (χ1) is 17.0. The Morgan fingerprint density at radius 2 is 1.40 bits per heavy atom. The van der Waals surface area contributed by atoms with Crippen molar-refractivity contribution in [3.63, 3.8) is 0 Å². The van der Waals surface area contributed by atoms with Crippen molar-refractivity contribution in [1.29, 1.82) is 0 Å². The summed E-state index contributed by atoms with van der Waals surface area (Å²) >= 11 is 23.7. The maximum atomic E-state index is 11.4. The Balaban J connectivity index is 1.41. The molecule has 0 bridgehead atoms. The Labute approximate surface area is 224 Å². The van der Waals surface area contributed by atoms with Crippen LogP contribution in [0.3, 0.4) is 0 Å². The van der Waals surface area contributed by atoms with E-state index in [0.717, 1.165) is 29.7 Å². The van der Waals surface area contributed by atoms with Crippen molar-refractivity contribution < 1.29 is 14.2 Å². The zero-order chi connectivity index (χ0) is 25.0. The minimum atomic E-state index is -0.539. The Morgan fingerprint density at radius 1 is 0.800 bits per heavy atom. The molecule has 0 saturated heterocycles. The molecule has 35 heavy (non-hydrogen) atoms. The second-order valence-corrected chi connectivity index (χ2v) is 9.23. The van der Waals surface area contributed by atoms with E-state index in [1.54, 1.807) is 12.1 Å².